The summed E-state index contributed by atoms with van der Waals surface area (Å²) in [7, 11) is -3.84. The van der Waals surface area contributed by atoms with Gasteiger partial charge in [0.1, 0.15) is 0 Å². The van der Waals surface area contributed by atoms with Gasteiger partial charge in [0, 0.05) is 35.0 Å². The lowest BCUT2D eigenvalue weighted by atomic mass is 9.79. The highest BCUT2D eigenvalue weighted by Crippen LogP contribution is 2.38. The molecule has 1 unspecified atom stereocenters. The molecular formula is C26H32N3O3P. The minimum atomic E-state index is -3.84. The first-order chi connectivity index (χ1) is 16.0. The molecule has 1 aliphatic carbocycles. The van der Waals surface area contributed by atoms with Gasteiger partial charge in [-0.15, -0.1) is 0 Å². The van der Waals surface area contributed by atoms with Crippen LogP contribution in [0.5, 0.6) is 0 Å². The zero-order chi connectivity index (χ0) is 23.3. The highest BCUT2D eigenvalue weighted by atomic mass is 31.2. The Morgan fingerprint density at radius 2 is 1.79 bits per heavy atom. The standard InChI is InChI=1S/C26H32N3O3P/c1-2-3-7-20-10-12-21(13-11-20)25(30)28-22-14-16-23(17-15-22)29-19-18-27-26(29)33(31,32)24-8-5-4-6-9-24/h4-6,8-9,14-21H,2-3,7,10-13H2,1H3,(H,28,30)(H,31,32). The Morgan fingerprint density at radius 1 is 1.09 bits per heavy atom. The number of benzene rings is 2. The summed E-state index contributed by atoms with van der Waals surface area (Å²) in [5, 5.41) is 3.38. The largest absolute Gasteiger partial charge is 0.336 e. The maximum absolute atomic E-state index is 13.2. The number of hydrogen-bond acceptors (Lipinski definition) is 3. The summed E-state index contributed by atoms with van der Waals surface area (Å²) >= 11 is 0. The van der Waals surface area contributed by atoms with E-state index in [1.54, 1.807) is 41.1 Å². The van der Waals surface area contributed by atoms with E-state index in [0.717, 1.165) is 37.3 Å². The number of carbonyl (C=O) groups is 1. The Kier molecular flexibility index (Phi) is 7.46. The molecule has 1 heterocycles. The van der Waals surface area contributed by atoms with Crippen LogP contribution in [0.15, 0.2) is 67.0 Å². The zero-order valence-electron chi connectivity index (χ0n) is 19.1. The smallest absolute Gasteiger partial charge is 0.293 e. The fourth-order valence-electron chi connectivity index (χ4n) is 4.62. The van der Waals surface area contributed by atoms with E-state index >= 15 is 0 Å². The lowest BCUT2D eigenvalue weighted by Gasteiger charge is -2.27. The maximum Gasteiger partial charge on any atom is 0.293 e. The number of unbranched alkanes of at least 4 members (excludes halogenated alkanes) is 1. The molecule has 1 fully saturated rings. The van der Waals surface area contributed by atoms with E-state index < -0.39 is 7.37 Å². The minimum Gasteiger partial charge on any atom is -0.336 e. The van der Waals surface area contributed by atoms with Gasteiger partial charge in [0.15, 0.2) is 0 Å². The zero-order valence-corrected chi connectivity index (χ0v) is 20.0. The van der Waals surface area contributed by atoms with Gasteiger partial charge < -0.3 is 10.2 Å². The molecule has 0 spiro atoms. The Balaban J connectivity index is 1.41. The minimum absolute atomic E-state index is 0.0777. The molecule has 1 amide bonds. The van der Waals surface area contributed by atoms with E-state index in [0.29, 0.717) is 11.0 Å². The monoisotopic (exact) mass is 465 g/mol. The third-order valence-electron chi connectivity index (χ3n) is 6.59. The van der Waals surface area contributed by atoms with Crippen molar-refractivity contribution in [3.63, 3.8) is 0 Å². The maximum atomic E-state index is 13.2. The van der Waals surface area contributed by atoms with Gasteiger partial charge in [-0.1, -0.05) is 44.4 Å². The van der Waals surface area contributed by atoms with Crippen molar-refractivity contribution in [1.82, 2.24) is 9.55 Å². The lowest BCUT2D eigenvalue weighted by Crippen LogP contribution is -2.27. The SMILES string of the molecule is CCCCC1CCC(C(=O)Nc2ccc(-n3ccnc3P(=O)(O)c3ccccc3)cc2)CC1. The second kappa shape index (κ2) is 10.5. The summed E-state index contributed by atoms with van der Waals surface area (Å²) in [6.45, 7) is 2.23. The Labute approximate surface area is 195 Å². The van der Waals surface area contributed by atoms with Crippen LogP contribution in [-0.4, -0.2) is 20.4 Å². The lowest BCUT2D eigenvalue weighted by molar-refractivity contribution is -0.121. The van der Waals surface area contributed by atoms with Crippen LogP contribution >= 0.6 is 7.37 Å². The van der Waals surface area contributed by atoms with Gasteiger partial charge in [0.25, 0.3) is 7.37 Å². The number of aromatic nitrogens is 2. The van der Waals surface area contributed by atoms with Gasteiger partial charge in [-0.3, -0.25) is 13.9 Å². The molecule has 0 radical (unpaired) electrons. The number of amides is 1. The van der Waals surface area contributed by atoms with E-state index in [1.165, 1.54) is 25.5 Å². The summed E-state index contributed by atoms with van der Waals surface area (Å²) in [5.74, 6) is 0.939. The average Bonchev–Trinajstić information content (AvgIpc) is 3.35. The van der Waals surface area contributed by atoms with Gasteiger partial charge in [0.05, 0.1) is 0 Å². The Bertz CT molecular complexity index is 1100. The number of hydrogen-bond donors (Lipinski definition) is 2. The van der Waals surface area contributed by atoms with E-state index in [9.17, 15) is 14.3 Å². The average molecular weight is 466 g/mol. The first-order valence-corrected chi connectivity index (χ1v) is 13.5. The normalized spacial score (nSPS) is 20.2. The molecule has 4 rings (SSSR count). The van der Waals surface area contributed by atoms with Crippen LogP contribution in [0.1, 0.15) is 51.9 Å². The Hall–Kier alpha value is -2.69. The number of rotatable bonds is 8. The number of anilines is 1. The molecule has 0 aliphatic heterocycles. The quantitative estimate of drug-likeness (QED) is 0.457. The third-order valence-corrected chi connectivity index (χ3v) is 8.47. The topological polar surface area (TPSA) is 84.2 Å². The molecular weight excluding hydrogens is 433 g/mol. The van der Waals surface area contributed by atoms with Gasteiger partial charge >= 0.3 is 0 Å². The van der Waals surface area contributed by atoms with Crippen LogP contribution in [0.4, 0.5) is 5.69 Å². The van der Waals surface area contributed by atoms with Crippen molar-refractivity contribution in [2.45, 2.75) is 51.9 Å². The van der Waals surface area contributed by atoms with Gasteiger partial charge in [-0.2, -0.15) is 0 Å². The van der Waals surface area contributed by atoms with E-state index in [-0.39, 0.29) is 17.4 Å². The van der Waals surface area contributed by atoms with Crippen LogP contribution in [0.25, 0.3) is 5.69 Å². The summed E-state index contributed by atoms with van der Waals surface area (Å²) < 4.78 is 14.8. The van der Waals surface area contributed by atoms with Crippen molar-refractivity contribution in [3.8, 4) is 5.69 Å². The van der Waals surface area contributed by atoms with Crippen LogP contribution in [0, 0.1) is 11.8 Å². The highest BCUT2D eigenvalue weighted by Gasteiger charge is 2.30. The fourth-order valence-corrected chi connectivity index (χ4v) is 6.13. The molecule has 1 aliphatic rings. The van der Waals surface area contributed by atoms with Crippen molar-refractivity contribution in [3.05, 3.63) is 67.0 Å². The second-order valence-corrected chi connectivity index (χ2v) is 11.0. The summed E-state index contributed by atoms with van der Waals surface area (Å²) in [6, 6.07) is 15.9. The first kappa shape index (κ1) is 23.5. The molecule has 7 heteroatoms. The summed E-state index contributed by atoms with van der Waals surface area (Å²) in [5.41, 5.74) is 1.54. The number of imidazole rings is 1. The van der Waals surface area contributed by atoms with Gasteiger partial charge in [-0.25, -0.2) is 4.98 Å². The number of nitrogens with zero attached hydrogens (tertiary/aromatic N) is 2. The van der Waals surface area contributed by atoms with Crippen LogP contribution in [0.3, 0.4) is 0 Å². The molecule has 1 saturated carbocycles. The van der Waals surface area contributed by atoms with Crippen LogP contribution in [-0.2, 0) is 9.36 Å². The van der Waals surface area contributed by atoms with Gasteiger partial charge in [-0.05, 0) is 68.0 Å². The van der Waals surface area contributed by atoms with Crippen molar-refractivity contribution in [2.75, 3.05) is 5.32 Å². The van der Waals surface area contributed by atoms with Crippen LogP contribution in [0.2, 0.25) is 0 Å². The van der Waals surface area contributed by atoms with E-state index in [4.69, 9.17) is 0 Å². The predicted molar refractivity (Wildman–Crippen MR) is 133 cm³/mol. The van der Waals surface area contributed by atoms with E-state index in [1.807, 2.05) is 24.3 Å². The molecule has 3 aromatic rings. The third kappa shape index (κ3) is 5.45. The van der Waals surface area contributed by atoms with Crippen molar-refractivity contribution in [2.24, 2.45) is 11.8 Å². The summed E-state index contributed by atoms with van der Waals surface area (Å²) in [6.07, 6.45) is 11.2. The molecule has 2 aromatic carbocycles. The van der Waals surface area contributed by atoms with Crippen molar-refractivity contribution < 1.29 is 14.3 Å². The molecule has 1 aromatic heterocycles. The van der Waals surface area contributed by atoms with Crippen molar-refractivity contribution >= 4 is 29.8 Å². The molecule has 174 valence electrons. The highest BCUT2D eigenvalue weighted by molar-refractivity contribution is 7.73. The predicted octanol–water partition coefficient (Wildman–Crippen LogP) is 5.03. The number of nitrogens with one attached hydrogen (secondary N) is 1. The first-order valence-electron chi connectivity index (χ1n) is 11.8. The van der Waals surface area contributed by atoms with Crippen LogP contribution < -0.4 is 16.2 Å². The fraction of sp³-hybridized carbons (Fsp3) is 0.385. The van der Waals surface area contributed by atoms with Gasteiger partial charge in [0.2, 0.25) is 11.5 Å². The van der Waals surface area contributed by atoms with Crippen molar-refractivity contribution in [1.29, 1.82) is 0 Å². The van der Waals surface area contributed by atoms with E-state index in [2.05, 4.69) is 17.2 Å². The summed E-state index contributed by atoms with van der Waals surface area (Å²) in [4.78, 5) is 27.7. The number of carbonyl (C=O) groups excluding carboxylic acids is 1. The molecule has 0 saturated heterocycles. The molecule has 1 atom stereocenters. The molecule has 33 heavy (non-hydrogen) atoms. The second-order valence-electron chi connectivity index (χ2n) is 8.90. The Morgan fingerprint density at radius 3 is 2.45 bits per heavy atom. The molecule has 2 N–H and O–H groups in total. The molecule has 6 nitrogen and oxygen atoms in total. The molecule has 0 bridgehead atoms.